The highest BCUT2D eigenvalue weighted by Gasteiger charge is 2.28. The van der Waals surface area contributed by atoms with Crippen molar-refractivity contribution in [3.8, 4) is 5.75 Å². The molecule has 0 saturated heterocycles. The third-order valence-corrected chi connectivity index (χ3v) is 3.75. The number of ether oxygens (including phenoxy) is 1. The van der Waals surface area contributed by atoms with E-state index in [0.717, 1.165) is 36.1 Å². The Balaban J connectivity index is 2.30. The molecule has 2 N–H and O–H groups in total. The summed E-state index contributed by atoms with van der Waals surface area (Å²) in [5.74, 6) is -1.27. The molecule has 0 amide bonds. The number of benzene rings is 1. The Morgan fingerprint density at radius 1 is 1.29 bits per heavy atom. The molecule has 0 saturated carbocycles. The number of rotatable bonds is 6. The molecule has 0 aromatic heterocycles. The van der Waals surface area contributed by atoms with Crippen LogP contribution >= 0.6 is 0 Å². The molecule has 6 heteroatoms. The first-order valence-electron chi connectivity index (χ1n) is 6.85. The summed E-state index contributed by atoms with van der Waals surface area (Å²) in [5.41, 5.74) is 2.11. The van der Waals surface area contributed by atoms with E-state index in [4.69, 9.17) is 14.9 Å². The fraction of sp³-hybridized carbons (Fsp3) is 0.467. The quantitative estimate of drug-likeness (QED) is 0.827. The van der Waals surface area contributed by atoms with Gasteiger partial charge in [0.15, 0.2) is 0 Å². The third kappa shape index (κ3) is 3.72. The second-order valence-electron chi connectivity index (χ2n) is 5.17. The first-order chi connectivity index (χ1) is 10.0. The zero-order valence-electron chi connectivity index (χ0n) is 11.9. The Morgan fingerprint density at radius 3 is 2.52 bits per heavy atom. The molecule has 0 heterocycles. The molecule has 21 heavy (non-hydrogen) atoms. The van der Waals surface area contributed by atoms with Crippen LogP contribution in [0.25, 0.3) is 0 Å². The van der Waals surface area contributed by atoms with Gasteiger partial charge in [-0.2, -0.15) is 0 Å². The second-order valence-corrected chi connectivity index (χ2v) is 5.17. The molecule has 1 aromatic carbocycles. The van der Waals surface area contributed by atoms with Crippen molar-refractivity contribution in [2.75, 3.05) is 20.2 Å². The predicted octanol–water partition coefficient (Wildman–Crippen LogP) is 1.54. The lowest BCUT2D eigenvalue weighted by Crippen LogP contribution is -2.39. The van der Waals surface area contributed by atoms with E-state index in [1.807, 2.05) is 18.2 Å². The lowest BCUT2D eigenvalue weighted by Gasteiger charge is -2.34. The summed E-state index contributed by atoms with van der Waals surface area (Å²) in [7, 11) is 1.60. The van der Waals surface area contributed by atoms with Gasteiger partial charge in [-0.25, -0.2) is 0 Å². The van der Waals surface area contributed by atoms with E-state index in [1.54, 1.807) is 7.11 Å². The molecule has 1 aliphatic carbocycles. The van der Waals surface area contributed by atoms with E-state index < -0.39 is 11.9 Å². The summed E-state index contributed by atoms with van der Waals surface area (Å²) in [5, 5.41) is 18.0. The van der Waals surface area contributed by atoms with Crippen molar-refractivity contribution in [3.05, 3.63) is 29.3 Å². The van der Waals surface area contributed by atoms with E-state index >= 15 is 0 Å². The Kier molecular flexibility index (Phi) is 4.80. The Hall–Kier alpha value is -2.08. The molecule has 1 aliphatic rings. The van der Waals surface area contributed by atoms with Crippen molar-refractivity contribution >= 4 is 11.9 Å². The van der Waals surface area contributed by atoms with E-state index in [1.165, 1.54) is 4.90 Å². The molecule has 1 atom stereocenters. The van der Waals surface area contributed by atoms with Crippen LogP contribution in [0.2, 0.25) is 0 Å². The summed E-state index contributed by atoms with van der Waals surface area (Å²) >= 11 is 0. The minimum Gasteiger partial charge on any atom is -0.497 e. The molecule has 1 aromatic rings. The first kappa shape index (κ1) is 15.3. The maximum absolute atomic E-state index is 11.0. The third-order valence-electron chi connectivity index (χ3n) is 3.75. The number of aryl methyl sites for hydroxylation is 1. The number of aliphatic carboxylic acids is 2. The fourth-order valence-electron chi connectivity index (χ4n) is 2.90. The van der Waals surface area contributed by atoms with Crippen LogP contribution in [0.3, 0.4) is 0 Å². The topological polar surface area (TPSA) is 87.1 Å². The smallest absolute Gasteiger partial charge is 0.317 e. The maximum Gasteiger partial charge on any atom is 0.317 e. The number of carboxylic acid groups (broad SMARTS) is 2. The lowest BCUT2D eigenvalue weighted by atomic mass is 9.86. The molecule has 0 radical (unpaired) electrons. The molecule has 1 unspecified atom stereocenters. The Morgan fingerprint density at radius 2 is 1.95 bits per heavy atom. The summed E-state index contributed by atoms with van der Waals surface area (Å²) in [4.78, 5) is 23.5. The van der Waals surface area contributed by atoms with Crippen LogP contribution in [0.15, 0.2) is 18.2 Å². The highest BCUT2D eigenvalue weighted by atomic mass is 16.5. The van der Waals surface area contributed by atoms with Gasteiger partial charge in [0, 0.05) is 6.04 Å². The molecule has 0 spiro atoms. The average molecular weight is 293 g/mol. The standard InChI is InChI=1S/C15H19NO5/c1-21-11-5-6-12-10(7-11)3-2-4-13(12)16(8-14(17)18)9-15(19)20/h5-7,13H,2-4,8-9H2,1H3,(H,17,18)(H,19,20). The number of hydrogen-bond acceptors (Lipinski definition) is 4. The van der Waals surface area contributed by atoms with Crippen molar-refractivity contribution in [1.82, 2.24) is 4.90 Å². The van der Waals surface area contributed by atoms with E-state index in [9.17, 15) is 9.59 Å². The van der Waals surface area contributed by atoms with Crippen LogP contribution in [0, 0.1) is 0 Å². The molecule has 114 valence electrons. The van der Waals surface area contributed by atoms with Gasteiger partial charge < -0.3 is 14.9 Å². The van der Waals surface area contributed by atoms with Gasteiger partial charge in [-0.05, 0) is 42.5 Å². The fourth-order valence-corrected chi connectivity index (χ4v) is 2.90. The van der Waals surface area contributed by atoms with Crippen molar-refractivity contribution in [2.45, 2.75) is 25.3 Å². The van der Waals surface area contributed by atoms with Gasteiger partial charge >= 0.3 is 11.9 Å². The molecule has 2 rings (SSSR count). The summed E-state index contributed by atoms with van der Waals surface area (Å²) in [6.45, 7) is -0.551. The minimum atomic E-state index is -1.02. The number of hydrogen-bond donors (Lipinski definition) is 2. The highest BCUT2D eigenvalue weighted by Crippen LogP contribution is 2.35. The zero-order valence-corrected chi connectivity index (χ0v) is 11.9. The minimum absolute atomic E-state index is 0.174. The van der Waals surface area contributed by atoms with Crippen LogP contribution in [-0.2, 0) is 16.0 Å². The average Bonchev–Trinajstić information content (AvgIpc) is 2.44. The molecular formula is C15H19NO5. The van der Waals surface area contributed by atoms with Gasteiger partial charge in [0.25, 0.3) is 0 Å². The Labute approximate surface area is 122 Å². The lowest BCUT2D eigenvalue weighted by molar-refractivity contribution is -0.143. The van der Waals surface area contributed by atoms with Crippen molar-refractivity contribution in [1.29, 1.82) is 0 Å². The number of nitrogens with zero attached hydrogens (tertiary/aromatic N) is 1. The summed E-state index contributed by atoms with van der Waals surface area (Å²) < 4.78 is 5.20. The molecule has 0 fully saturated rings. The second kappa shape index (κ2) is 6.58. The predicted molar refractivity (Wildman–Crippen MR) is 75.5 cm³/mol. The van der Waals surface area contributed by atoms with Crippen molar-refractivity contribution in [3.63, 3.8) is 0 Å². The monoisotopic (exact) mass is 293 g/mol. The van der Waals surface area contributed by atoms with Crippen molar-refractivity contribution < 1.29 is 24.5 Å². The normalized spacial score (nSPS) is 17.3. The Bertz CT molecular complexity index is 527. The zero-order chi connectivity index (χ0) is 15.4. The molecule has 0 aliphatic heterocycles. The van der Waals surface area contributed by atoms with Crippen LogP contribution in [0.5, 0.6) is 5.75 Å². The van der Waals surface area contributed by atoms with Crippen LogP contribution in [0.1, 0.15) is 30.0 Å². The SMILES string of the molecule is COc1ccc2c(c1)CCCC2N(CC(=O)O)CC(=O)O. The highest BCUT2D eigenvalue weighted by molar-refractivity contribution is 5.72. The van der Waals surface area contributed by atoms with Crippen LogP contribution in [0.4, 0.5) is 0 Å². The number of carboxylic acids is 2. The van der Waals surface area contributed by atoms with E-state index in [0.29, 0.717) is 0 Å². The van der Waals surface area contributed by atoms with Gasteiger partial charge in [0.2, 0.25) is 0 Å². The number of methoxy groups -OCH3 is 1. The summed E-state index contributed by atoms with van der Waals surface area (Å²) in [6, 6.07) is 5.51. The number of fused-ring (bicyclic) bond motifs is 1. The van der Waals surface area contributed by atoms with Gasteiger partial charge in [-0.1, -0.05) is 6.07 Å². The van der Waals surface area contributed by atoms with Gasteiger partial charge in [-0.15, -0.1) is 0 Å². The first-order valence-corrected chi connectivity index (χ1v) is 6.85. The van der Waals surface area contributed by atoms with Gasteiger partial charge in [0.05, 0.1) is 20.2 Å². The van der Waals surface area contributed by atoms with Crippen LogP contribution in [-0.4, -0.2) is 47.3 Å². The summed E-state index contributed by atoms with van der Waals surface area (Å²) in [6.07, 6.45) is 2.57. The van der Waals surface area contributed by atoms with Crippen molar-refractivity contribution in [2.24, 2.45) is 0 Å². The molecule has 6 nitrogen and oxygen atoms in total. The molecule has 0 bridgehead atoms. The van der Waals surface area contributed by atoms with E-state index in [2.05, 4.69) is 0 Å². The molecular weight excluding hydrogens is 274 g/mol. The van der Waals surface area contributed by atoms with Crippen LogP contribution < -0.4 is 4.74 Å². The maximum atomic E-state index is 11.0. The number of carbonyl (C=O) groups is 2. The largest absolute Gasteiger partial charge is 0.497 e. The van der Waals surface area contributed by atoms with E-state index in [-0.39, 0.29) is 19.1 Å². The van der Waals surface area contributed by atoms with Gasteiger partial charge in [-0.3, -0.25) is 14.5 Å². The van der Waals surface area contributed by atoms with Gasteiger partial charge in [0.1, 0.15) is 5.75 Å².